The van der Waals surface area contributed by atoms with Gasteiger partial charge in [0.2, 0.25) is 5.91 Å². The predicted molar refractivity (Wildman–Crippen MR) is 101 cm³/mol. The van der Waals surface area contributed by atoms with Crippen LogP contribution in [0.1, 0.15) is 25.7 Å². The summed E-state index contributed by atoms with van der Waals surface area (Å²) < 4.78 is 6.48. The summed E-state index contributed by atoms with van der Waals surface area (Å²) in [7, 11) is 0. The van der Waals surface area contributed by atoms with Crippen molar-refractivity contribution < 1.29 is 14.3 Å². The number of rotatable bonds is 9. The molecule has 2 N–H and O–H groups in total. The Morgan fingerprint density at radius 1 is 1.28 bits per heavy atom. The van der Waals surface area contributed by atoms with Gasteiger partial charge in [-0.2, -0.15) is 0 Å². The predicted octanol–water partition coefficient (Wildman–Crippen LogP) is 3.18. The van der Waals surface area contributed by atoms with Crippen molar-refractivity contribution in [3.8, 4) is 5.75 Å². The molecule has 6 nitrogen and oxygen atoms in total. The van der Waals surface area contributed by atoms with Crippen LogP contribution in [-0.2, 0) is 4.79 Å². The maximum absolute atomic E-state index is 11.7. The van der Waals surface area contributed by atoms with Crippen LogP contribution in [-0.4, -0.2) is 49.6 Å². The first-order chi connectivity index (χ1) is 12.1. The number of amides is 3. The van der Waals surface area contributed by atoms with Crippen LogP contribution in [0.4, 0.5) is 4.79 Å². The summed E-state index contributed by atoms with van der Waals surface area (Å²) in [6.07, 6.45) is 3.05. The molecule has 8 heteroatoms. The second-order valence-corrected chi connectivity index (χ2v) is 7.12. The molecule has 138 valence electrons. The topological polar surface area (TPSA) is 70.7 Å². The van der Waals surface area contributed by atoms with Gasteiger partial charge in [-0.15, -0.1) is 0 Å². The number of likely N-dealkylation sites (tertiary alicyclic amines) is 1. The van der Waals surface area contributed by atoms with Gasteiger partial charge in [0.25, 0.3) is 0 Å². The molecular weight excluding hydrogens is 410 g/mol. The molecule has 0 saturated carbocycles. The third kappa shape index (κ3) is 7.12. The first-order valence-electron chi connectivity index (χ1n) is 8.43. The number of halogens is 2. The summed E-state index contributed by atoms with van der Waals surface area (Å²) in [4.78, 5) is 25.0. The first kappa shape index (κ1) is 19.8. The van der Waals surface area contributed by atoms with E-state index in [1.54, 1.807) is 12.1 Å². The van der Waals surface area contributed by atoms with E-state index in [1.807, 2.05) is 11.0 Å². The molecule has 0 unspecified atom stereocenters. The third-order valence-electron chi connectivity index (χ3n) is 3.82. The lowest BCUT2D eigenvalue weighted by Crippen LogP contribution is -2.38. The lowest BCUT2D eigenvalue weighted by atomic mass is 10.3. The summed E-state index contributed by atoms with van der Waals surface area (Å²) in [6.45, 7) is 3.10. The van der Waals surface area contributed by atoms with E-state index in [9.17, 15) is 9.59 Å². The number of nitrogens with one attached hydrogen (secondary N) is 2. The van der Waals surface area contributed by atoms with Crippen molar-refractivity contribution in [2.45, 2.75) is 25.7 Å². The van der Waals surface area contributed by atoms with Crippen molar-refractivity contribution in [1.82, 2.24) is 15.5 Å². The van der Waals surface area contributed by atoms with E-state index in [4.69, 9.17) is 16.3 Å². The van der Waals surface area contributed by atoms with Gasteiger partial charge in [0.15, 0.2) is 0 Å². The Balaban J connectivity index is 1.48. The van der Waals surface area contributed by atoms with Crippen LogP contribution < -0.4 is 15.4 Å². The van der Waals surface area contributed by atoms with Crippen LogP contribution in [0.25, 0.3) is 0 Å². The van der Waals surface area contributed by atoms with Gasteiger partial charge in [0, 0.05) is 37.1 Å². The molecule has 1 aliphatic heterocycles. The number of benzene rings is 1. The fourth-order valence-corrected chi connectivity index (χ4v) is 3.25. The van der Waals surface area contributed by atoms with E-state index < -0.39 is 0 Å². The Morgan fingerprint density at radius 2 is 2.04 bits per heavy atom. The van der Waals surface area contributed by atoms with E-state index in [2.05, 4.69) is 26.6 Å². The fraction of sp³-hybridized carbons (Fsp3) is 0.529. The Labute approximate surface area is 161 Å². The molecule has 0 radical (unpaired) electrons. The molecule has 0 aromatic heterocycles. The van der Waals surface area contributed by atoms with Gasteiger partial charge in [-0.25, -0.2) is 4.79 Å². The zero-order valence-corrected chi connectivity index (χ0v) is 16.4. The van der Waals surface area contributed by atoms with E-state index >= 15 is 0 Å². The molecule has 1 aromatic rings. The van der Waals surface area contributed by atoms with Gasteiger partial charge in [-0.3, -0.25) is 4.79 Å². The van der Waals surface area contributed by atoms with Crippen molar-refractivity contribution in [2.75, 3.05) is 32.8 Å². The minimum absolute atomic E-state index is 0.200. The molecule has 1 heterocycles. The molecule has 25 heavy (non-hydrogen) atoms. The number of ether oxygens (including phenoxy) is 1. The largest absolute Gasteiger partial charge is 0.492 e. The highest BCUT2D eigenvalue weighted by atomic mass is 79.9. The molecule has 1 fully saturated rings. The number of hydrogen-bond donors (Lipinski definition) is 2. The number of urea groups is 1. The highest BCUT2D eigenvalue weighted by Gasteiger charge is 2.18. The van der Waals surface area contributed by atoms with Gasteiger partial charge >= 0.3 is 6.03 Å². The molecule has 1 aromatic carbocycles. The Kier molecular flexibility index (Phi) is 8.34. The summed E-state index contributed by atoms with van der Waals surface area (Å²) >= 11 is 9.40. The van der Waals surface area contributed by atoms with Crippen molar-refractivity contribution in [3.63, 3.8) is 0 Å². The third-order valence-corrected chi connectivity index (χ3v) is 4.61. The van der Waals surface area contributed by atoms with E-state index in [0.29, 0.717) is 49.9 Å². The zero-order chi connectivity index (χ0) is 18.1. The minimum Gasteiger partial charge on any atom is -0.492 e. The molecule has 2 rings (SSSR count). The molecule has 1 aliphatic rings. The first-order valence-corrected chi connectivity index (χ1v) is 9.60. The smallest absolute Gasteiger partial charge is 0.314 e. The molecule has 0 aliphatic carbocycles. The maximum atomic E-state index is 11.7. The van der Waals surface area contributed by atoms with Crippen LogP contribution in [0.3, 0.4) is 0 Å². The lowest BCUT2D eigenvalue weighted by molar-refractivity contribution is -0.127. The standard InChI is InChI=1S/C17H23BrClN3O3/c18-13-5-6-15(14(19)12-13)25-11-3-8-21-17(24)20-7-2-10-22-9-1-4-16(22)23/h5-6,12H,1-4,7-11H2,(H2,20,21,24). The van der Waals surface area contributed by atoms with Crippen molar-refractivity contribution in [3.05, 3.63) is 27.7 Å². The SMILES string of the molecule is O=C(NCCCOc1ccc(Br)cc1Cl)NCCCN1CCCC1=O. The van der Waals surface area contributed by atoms with E-state index in [0.717, 1.165) is 23.9 Å². The highest BCUT2D eigenvalue weighted by molar-refractivity contribution is 9.10. The monoisotopic (exact) mass is 431 g/mol. The van der Waals surface area contributed by atoms with Crippen LogP contribution in [0.2, 0.25) is 5.02 Å². The molecule has 0 bridgehead atoms. The molecular formula is C17H23BrClN3O3. The lowest BCUT2D eigenvalue weighted by Gasteiger charge is -2.15. The second kappa shape index (κ2) is 10.5. The summed E-state index contributed by atoms with van der Waals surface area (Å²) in [5.41, 5.74) is 0. The average molecular weight is 433 g/mol. The van der Waals surface area contributed by atoms with Gasteiger partial charge < -0.3 is 20.3 Å². The average Bonchev–Trinajstić information content (AvgIpc) is 2.98. The van der Waals surface area contributed by atoms with Crippen LogP contribution in [0.15, 0.2) is 22.7 Å². The number of carbonyl (C=O) groups is 2. The minimum atomic E-state index is -0.200. The van der Waals surface area contributed by atoms with Crippen LogP contribution >= 0.6 is 27.5 Å². The van der Waals surface area contributed by atoms with E-state index in [1.165, 1.54) is 0 Å². The Bertz CT molecular complexity index is 601. The van der Waals surface area contributed by atoms with Crippen molar-refractivity contribution in [2.24, 2.45) is 0 Å². The number of nitrogens with zero attached hydrogens (tertiary/aromatic N) is 1. The van der Waals surface area contributed by atoms with Gasteiger partial charge in [0.05, 0.1) is 11.6 Å². The maximum Gasteiger partial charge on any atom is 0.314 e. The Morgan fingerprint density at radius 3 is 2.72 bits per heavy atom. The van der Waals surface area contributed by atoms with Crippen molar-refractivity contribution in [1.29, 1.82) is 0 Å². The van der Waals surface area contributed by atoms with E-state index in [-0.39, 0.29) is 11.9 Å². The highest BCUT2D eigenvalue weighted by Crippen LogP contribution is 2.27. The molecule has 0 spiro atoms. The van der Waals surface area contributed by atoms with Gasteiger partial charge in [-0.05, 0) is 37.5 Å². The number of carbonyl (C=O) groups excluding carboxylic acids is 2. The van der Waals surface area contributed by atoms with Gasteiger partial charge in [-0.1, -0.05) is 27.5 Å². The molecule has 3 amide bonds. The normalized spacial score (nSPS) is 13.8. The Hall–Kier alpha value is -1.47. The summed E-state index contributed by atoms with van der Waals surface area (Å²) in [5, 5.41) is 6.12. The summed E-state index contributed by atoms with van der Waals surface area (Å²) in [6, 6.07) is 5.24. The summed E-state index contributed by atoms with van der Waals surface area (Å²) in [5.74, 6) is 0.848. The van der Waals surface area contributed by atoms with Crippen molar-refractivity contribution >= 4 is 39.5 Å². The number of hydrogen-bond acceptors (Lipinski definition) is 3. The molecule has 1 saturated heterocycles. The van der Waals surface area contributed by atoms with Crippen LogP contribution in [0.5, 0.6) is 5.75 Å². The molecule has 0 atom stereocenters. The second-order valence-electron chi connectivity index (χ2n) is 5.80. The van der Waals surface area contributed by atoms with Crippen LogP contribution in [0, 0.1) is 0 Å². The zero-order valence-electron chi connectivity index (χ0n) is 14.0. The van der Waals surface area contributed by atoms with Gasteiger partial charge in [0.1, 0.15) is 5.75 Å². The quantitative estimate of drug-likeness (QED) is 0.589. The fourth-order valence-electron chi connectivity index (χ4n) is 2.52.